The van der Waals surface area contributed by atoms with E-state index in [0.29, 0.717) is 28.5 Å². The molecule has 0 aromatic heterocycles. The summed E-state index contributed by atoms with van der Waals surface area (Å²) in [4.78, 5) is 35.2. The maximum Gasteiger partial charge on any atom is 0.336 e. The van der Waals surface area contributed by atoms with Gasteiger partial charge in [-0.1, -0.05) is 6.07 Å². The second-order valence-corrected chi connectivity index (χ2v) is 6.50. The number of methoxy groups -OCH3 is 2. The number of ether oxygens (including phenoxy) is 3. The standard InChI is InChI=1S/C23H19NO8/c1-30-17-8-13(9-18(11-17)31-2)21(25)24-14-4-3-5-15(10-14)32-16-6-7-19(22(26)27)20(12-16)23(28)29/h3-12H,1-2H3,(H,24,25)(H,26,27)(H,28,29). The first-order chi connectivity index (χ1) is 15.3. The molecule has 0 aliphatic carbocycles. The van der Waals surface area contributed by atoms with E-state index in [1.54, 1.807) is 42.5 Å². The van der Waals surface area contributed by atoms with Gasteiger partial charge in [0.15, 0.2) is 0 Å². The Kier molecular flexibility index (Phi) is 6.59. The molecule has 0 radical (unpaired) electrons. The molecule has 0 spiro atoms. The van der Waals surface area contributed by atoms with E-state index in [4.69, 9.17) is 19.3 Å². The van der Waals surface area contributed by atoms with Crippen molar-refractivity contribution in [3.05, 3.63) is 77.4 Å². The Labute approximate surface area is 182 Å². The third-order valence-corrected chi connectivity index (χ3v) is 4.39. The van der Waals surface area contributed by atoms with E-state index in [0.717, 1.165) is 12.1 Å². The number of carbonyl (C=O) groups excluding carboxylic acids is 1. The minimum atomic E-state index is -1.39. The Bertz CT molecular complexity index is 1170. The number of rotatable bonds is 8. The van der Waals surface area contributed by atoms with Crippen molar-refractivity contribution in [2.24, 2.45) is 0 Å². The SMILES string of the molecule is COc1cc(OC)cc(C(=O)Nc2cccc(Oc3ccc(C(=O)O)c(C(=O)O)c3)c2)c1. The Morgan fingerprint density at radius 1 is 0.719 bits per heavy atom. The van der Waals surface area contributed by atoms with Crippen molar-refractivity contribution in [1.29, 1.82) is 0 Å². The van der Waals surface area contributed by atoms with Gasteiger partial charge in [-0.15, -0.1) is 0 Å². The highest BCUT2D eigenvalue weighted by Gasteiger charge is 2.17. The van der Waals surface area contributed by atoms with E-state index in [-0.39, 0.29) is 11.3 Å². The fourth-order valence-corrected chi connectivity index (χ4v) is 2.87. The van der Waals surface area contributed by atoms with Crippen LogP contribution in [0.15, 0.2) is 60.7 Å². The molecule has 3 rings (SSSR count). The molecule has 164 valence electrons. The predicted molar refractivity (Wildman–Crippen MR) is 114 cm³/mol. The summed E-state index contributed by atoms with van der Waals surface area (Å²) >= 11 is 0. The topological polar surface area (TPSA) is 131 Å². The Morgan fingerprint density at radius 3 is 1.94 bits per heavy atom. The molecule has 9 nitrogen and oxygen atoms in total. The van der Waals surface area contributed by atoms with Crippen LogP contribution in [0.5, 0.6) is 23.0 Å². The highest BCUT2D eigenvalue weighted by molar-refractivity contribution is 6.05. The van der Waals surface area contributed by atoms with Gasteiger partial charge in [0.25, 0.3) is 5.91 Å². The Hall–Kier alpha value is -4.53. The average molecular weight is 437 g/mol. The number of aromatic carboxylic acids is 2. The molecule has 0 aliphatic rings. The minimum Gasteiger partial charge on any atom is -0.497 e. The predicted octanol–water partition coefficient (Wildman–Crippen LogP) is 4.14. The number of carboxylic acids is 2. The lowest BCUT2D eigenvalue weighted by molar-refractivity contribution is 0.0651. The molecule has 32 heavy (non-hydrogen) atoms. The number of hydrogen-bond acceptors (Lipinski definition) is 6. The lowest BCUT2D eigenvalue weighted by Crippen LogP contribution is -2.12. The van der Waals surface area contributed by atoms with Gasteiger partial charge in [-0.05, 0) is 42.5 Å². The van der Waals surface area contributed by atoms with Crippen LogP contribution in [0.4, 0.5) is 5.69 Å². The second-order valence-electron chi connectivity index (χ2n) is 6.50. The highest BCUT2D eigenvalue weighted by Crippen LogP contribution is 2.27. The van der Waals surface area contributed by atoms with Gasteiger partial charge in [-0.25, -0.2) is 9.59 Å². The zero-order valence-corrected chi connectivity index (χ0v) is 17.1. The lowest BCUT2D eigenvalue weighted by atomic mass is 10.1. The molecular weight excluding hydrogens is 418 g/mol. The molecule has 3 aromatic rings. The molecule has 0 fully saturated rings. The average Bonchev–Trinajstić information content (AvgIpc) is 2.78. The first-order valence-corrected chi connectivity index (χ1v) is 9.23. The van der Waals surface area contributed by atoms with Crippen molar-refractivity contribution in [3.8, 4) is 23.0 Å². The summed E-state index contributed by atoms with van der Waals surface area (Å²) in [5.41, 5.74) is 0.00351. The molecule has 0 atom stereocenters. The molecule has 0 unspecified atom stereocenters. The largest absolute Gasteiger partial charge is 0.497 e. The minimum absolute atomic E-state index is 0.133. The van der Waals surface area contributed by atoms with Crippen molar-refractivity contribution in [2.45, 2.75) is 0 Å². The van der Waals surface area contributed by atoms with Gasteiger partial charge in [-0.3, -0.25) is 4.79 Å². The van der Waals surface area contributed by atoms with Crippen molar-refractivity contribution >= 4 is 23.5 Å². The molecule has 0 aliphatic heterocycles. The van der Waals surface area contributed by atoms with Crippen LogP contribution in [0.25, 0.3) is 0 Å². The number of anilines is 1. The summed E-state index contributed by atoms with van der Waals surface area (Å²) < 4.78 is 16.0. The molecule has 0 saturated carbocycles. The summed E-state index contributed by atoms with van der Waals surface area (Å²) in [6, 6.07) is 14.8. The van der Waals surface area contributed by atoms with Gasteiger partial charge in [0, 0.05) is 23.4 Å². The van der Waals surface area contributed by atoms with E-state index in [1.807, 2.05) is 0 Å². The van der Waals surface area contributed by atoms with E-state index in [1.165, 1.54) is 20.3 Å². The van der Waals surface area contributed by atoms with Crippen LogP contribution in [0, 0.1) is 0 Å². The van der Waals surface area contributed by atoms with Crippen molar-refractivity contribution in [2.75, 3.05) is 19.5 Å². The van der Waals surface area contributed by atoms with Crippen LogP contribution in [0.2, 0.25) is 0 Å². The molecule has 0 bridgehead atoms. The quantitative estimate of drug-likeness (QED) is 0.479. The van der Waals surface area contributed by atoms with Gasteiger partial charge in [-0.2, -0.15) is 0 Å². The molecule has 0 saturated heterocycles. The fraction of sp³-hybridized carbons (Fsp3) is 0.0870. The smallest absolute Gasteiger partial charge is 0.336 e. The van der Waals surface area contributed by atoms with Crippen LogP contribution in [-0.4, -0.2) is 42.3 Å². The number of nitrogens with one attached hydrogen (secondary N) is 1. The zero-order valence-electron chi connectivity index (χ0n) is 17.1. The third-order valence-electron chi connectivity index (χ3n) is 4.39. The van der Waals surface area contributed by atoms with Crippen molar-refractivity contribution < 1.29 is 38.8 Å². The van der Waals surface area contributed by atoms with Crippen LogP contribution >= 0.6 is 0 Å². The van der Waals surface area contributed by atoms with Crippen LogP contribution in [-0.2, 0) is 0 Å². The second kappa shape index (κ2) is 9.52. The fourth-order valence-electron chi connectivity index (χ4n) is 2.87. The number of hydrogen-bond donors (Lipinski definition) is 3. The van der Waals surface area contributed by atoms with E-state index in [9.17, 15) is 19.5 Å². The van der Waals surface area contributed by atoms with E-state index in [2.05, 4.69) is 5.32 Å². The molecule has 1 amide bonds. The summed E-state index contributed by atoms with van der Waals surface area (Å²) in [6.45, 7) is 0. The molecule has 9 heteroatoms. The maximum absolute atomic E-state index is 12.7. The molecule has 0 heterocycles. The molecule has 3 N–H and O–H groups in total. The van der Waals surface area contributed by atoms with Gasteiger partial charge >= 0.3 is 11.9 Å². The van der Waals surface area contributed by atoms with E-state index < -0.39 is 23.4 Å². The monoisotopic (exact) mass is 437 g/mol. The number of carboxylic acid groups (broad SMARTS) is 2. The number of amides is 1. The third kappa shape index (κ3) is 5.14. The normalized spacial score (nSPS) is 10.2. The van der Waals surface area contributed by atoms with Crippen LogP contribution in [0.3, 0.4) is 0 Å². The first-order valence-electron chi connectivity index (χ1n) is 9.23. The summed E-state index contributed by atoms with van der Waals surface area (Å²) in [5.74, 6) is -1.77. The summed E-state index contributed by atoms with van der Waals surface area (Å²) in [7, 11) is 2.96. The molecule has 3 aromatic carbocycles. The maximum atomic E-state index is 12.7. The number of benzene rings is 3. The van der Waals surface area contributed by atoms with Crippen LogP contribution in [0.1, 0.15) is 31.1 Å². The zero-order chi connectivity index (χ0) is 23.3. The number of carbonyl (C=O) groups is 3. The van der Waals surface area contributed by atoms with Crippen LogP contribution < -0.4 is 19.5 Å². The van der Waals surface area contributed by atoms with Gasteiger partial charge < -0.3 is 29.7 Å². The van der Waals surface area contributed by atoms with Gasteiger partial charge in [0.2, 0.25) is 0 Å². The summed E-state index contributed by atoms with van der Waals surface area (Å²) in [6.07, 6.45) is 0. The first kappa shape index (κ1) is 22.2. The Morgan fingerprint density at radius 2 is 1.34 bits per heavy atom. The molecular formula is C23H19NO8. The van der Waals surface area contributed by atoms with Gasteiger partial charge in [0.05, 0.1) is 25.3 Å². The highest BCUT2D eigenvalue weighted by atomic mass is 16.5. The van der Waals surface area contributed by atoms with Crippen molar-refractivity contribution in [1.82, 2.24) is 0 Å². The lowest BCUT2D eigenvalue weighted by Gasteiger charge is -2.11. The Balaban J connectivity index is 1.81. The van der Waals surface area contributed by atoms with Crippen molar-refractivity contribution in [3.63, 3.8) is 0 Å². The van der Waals surface area contributed by atoms with E-state index >= 15 is 0 Å². The van der Waals surface area contributed by atoms with Gasteiger partial charge in [0.1, 0.15) is 23.0 Å². The summed E-state index contributed by atoms with van der Waals surface area (Å²) in [5, 5.41) is 21.1.